The van der Waals surface area contributed by atoms with Gasteiger partial charge in [-0.1, -0.05) is 36.4 Å². The quantitative estimate of drug-likeness (QED) is 0.493. The summed E-state index contributed by atoms with van der Waals surface area (Å²) in [4.78, 5) is 20.0. The molecule has 0 spiro atoms. The second kappa shape index (κ2) is 12.1. The number of carboxylic acids is 2. The molecule has 4 nitrogen and oxygen atoms in total. The molecule has 0 aromatic heterocycles. The van der Waals surface area contributed by atoms with Crippen molar-refractivity contribution < 1.29 is 19.8 Å². The fourth-order valence-corrected chi connectivity index (χ4v) is 0.830. The van der Waals surface area contributed by atoms with E-state index in [0.717, 1.165) is 6.08 Å². The topological polar surface area (TPSA) is 74.6 Å². The Kier molecular flexibility index (Phi) is 12.8. The average molecular weight is 258 g/mol. The first kappa shape index (κ1) is 19.0. The van der Waals surface area contributed by atoms with Gasteiger partial charge in [-0.05, 0) is 19.1 Å². The zero-order valence-corrected chi connectivity index (χ0v) is 9.41. The Morgan fingerprint density at radius 1 is 1.06 bits per heavy atom. The van der Waals surface area contributed by atoms with Crippen LogP contribution in [-0.2, 0) is 4.79 Å². The van der Waals surface area contributed by atoms with Crippen molar-refractivity contribution >= 4 is 41.5 Å². The SMILES string of the molecule is C/C=C/C=C/C(=O)O.O=C(O)c1ccccc1.[NaH]. The first-order valence-electron chi connectivity index (χ1n) is 4.88. The molecule has 5 heteroatoms. The number of aromatic carboxylic acids is 1. The van der Waals surface area contributed by atoms with Crippen LogP contribution in [0.3, 0.4) is 0 Å². The summed E-state index contributed by atoms with van der Waals surface area (Å²) in [7, 11) is 0. The minimum atomic E-state index is -0.914. The van der Waals surface area contributed by atoms with Gasteiger partial charge in [0.2, 0.25) is 0 Å². The van der Waals surface area contributed by atoms with Crippen molar-refractivity contribution in [1.82, 2.24) is 0 Å². The van der Waals surface area contributed by atoms with E-state index >= 15 is 0 Å². The first-order chi connectivity index (χ1) is 8.07. The predicted octanol–water partition coefficient (Wildman–Crippen LogP) is 1.94. The van der Waals surface area contributed by atoms with Gasteiger partial charge in [0.05, 0.1) is 5.56 Å². The number of hydrogen-bond acceptors (Lipinski definition) is 2. The Bertz CT molecular complexity index is 410. The molecular formula is C13H15NaO4. The average Bonchev–Trinajstić information content (AvgIpc) is 2.31. The van der Waals surface area contributed by atoms with Gasteiger partial charge in [-0.2, -0.15) is 0 Å². The molecule has 0 saturated heterocycles. The maximum absolute atomic E-state index is 10.2. The van der Waals surface area contributed by atoms with Crippen LogP contribution in [0.1, 0.15) is 17.3 Å². The van der Waals surface area contributed by atoms with E-state index in [1.165, 1.54) is 6.08 Å². The zero-order chi connectivity index (χ0) is 13.1. The third kappa shape index (κ3) is 11.1. The van der Waals surface area contributed by atoms with Gasteiger partial charge >= 0.3 is 41.5 Å². The fraction of sp³-hybridized carbons (Fsp3) is 0.0769. The third-order valence-electron chi connectivity index (χ3n) is 1.56. The molecule has 18 heavy (non-hydrogen) atoms. The number of benzene rings is 1. The van der Waals surface area contributed by atoms with Crippen LogP contribution in [0.4, 0.5) is 0 Å². The molecule has 92 valence electrons. The van der Waals surface area contributed by atoms with Gasteiger partial charge in [0, 0.05) is 6.08 Å². The van der Waals surface area contributed by atoms with Crippen LogP contribution in [0, 0.1) is 0 Å². The van der Waals surface area contributed by atoms with E-state index in [-0.39, 0.29) is 29.6 Å². The standard InChI is InChI=1S/C7H6O2.C6H8O2.Na.H/c8-7(9)6-4-2-1-3-5-6;1-2-3-4-5-6(7)8;;/h1-5H,(H,8,9);2-5H,1H3,(H,7,8);;/b;3-2+,5-4+;;. The Labute approximate surface area is 128 Å². The van der Waals surface area contributed by atoms with Crippen molar-refractivity contribution in [1.29, 1.82) is 0 Å². The second-order valence-corrected chi connectivity index (χ2v) is 2.89. The van der Waals surface area contributed by atoms with E-state index in [0.29, 0.717) is 5.56 Å². The van der Waals surface area contributed by atoms with Crippen LogP contribution >= 0.6 is 0 Å². The van der Waals surface area contributed by atoms with E-state index in [4.69, 9.17) is 10.2 Å². The minimum absolute atomic E-state index is 0. The van der Waals surface area contributed by atoms with E-state index in [2.05, 4.69) is 0 Å². The van der Waals surface area contributed by atoms with Crippen LogP contribution in [0.5, 0.6) is 0 Å². The van der Waals surface area contributed by atoms with E-state index < -0.39 is 11.9 Å². The van der Waals surface area contributed by atoms with Crippen molar-refractivity contribution in [2.45, 2.75) is 6.92 Å². The van der Waals surface area contributed by atoms with Gasteiger partial charge in [0.25, 0.3) is 0 Å². The summed E-state index contributed by atoms with van der Waals surface area (Å²) in [6, 6.07) is 8.30. The van der Waals surface area contributed by atoms with Crippen LogP contribution < -0.4 is 0 Å². The molecule has 0 atom stereocenters. The van der Waals surface area contributed by atoms with Crippen molar-refractivity contribution in [2.75, 3.05) is 0 Å². The summed E-state index contributed by atoms with van der Waals surface area (Å²) in [6.07, 6.45) is 5.98. The van der Waals surface area contributed by atoms with Gasteiger partial charge in [0.15, 0.2) is 0 Å². The first-order valence-corrected chi connectivity index (χ1v) is 4.88. The third-order valence-corrected chi connectivity index (χ3v) is 1.56. The molecule has 1 rings (SSSR count). The van der Waals surface area contributed by atoms with Crippen LogP contribution in [0.2, 0.25) is 0 Å². The molecule has 0 radical (unpaired) electrons. The van der Waals surface area contributed by atoms with Crippen molar-refractivity contribution in [3.05, 3.63) is 60.2 Å². The maximum atomic E-state index is 10.2. The number of allylic oxidation sites excluding steroid dienone is 3. The molecule has 0 heterocycles. The van der Waals surface area contributed by atoms with Gasteiger partial charge in [0.1, 0.15) is 0 Å². The molecule has 0 unspecified atom stereocenters. The molecule has 0 saturated carbocycles. The number of carbonyl (C=O) groups is 2. The number of carboxylic acid groups (broad SMARTS) is 2. The molecule has 0 bridgehead atoms. The van der Waals surface area contributed by atoms with Crippen LogP contribution in [0.25, 0.3) is 0 Å². The van der Waals surface area contributed by atoms with Gasteiger partial charge in [-0.3, -0.25) is 0 Å². The molecule has 0 aliphatic carbocycles. The molecular weight excluding hydrogens is 243 g/mol. The van der Waals surface area contributed by atoms with Crippen molar-refractivity contribution in [2.24, 2.45) is 0 Å². The van der Waals surface area contributed by atoms with Crippen LogP contribution in [0.15, 0.2) is 54.6 Å². The molecule has 0 aliphatic heterocycles. The molecule has 1 aromatic rings. The molecule has 2 N–H and O–H groups in total. The zero-order valence-electron chi connectivity index (χ0n) is 9.41. The molecule has 0 amide bonds. The predicted molar refractivity (Wildman–Crippen MR) is 72.1 cm³/mol. The summed E-state index contributed by atoms with van der Waals surface area (Å²) in [5.41, 5.74) is 0.331. The monoisotopic (exact) mass is 258 g/mol. The van der Waals surface area contributed by atoms with E-state index in [9.17, 15) is 9.59 Å². The van der Waals surface area contributed by atoms with Crippen molar-refractivity contribution in [3.63, 3.8) is 0 Å². The summed E-state index contributed by atoms with van der Waals surface area (Å²) in [5, 5.41) is 16.4. The Hall–Kier alpha value is -1.36. The Morgan fingerprint density at radius 2 is 1.61 bits per heavy atom. The fourth-order valence-electron chi connectivity index (χ4n) is 0.830. The molecule has 0 fully saturated rings. The van der Waals surface area contributed by atoms with Gasteiger partial charge in [-0.25, -0.2) is 9.59 Å². The van der Waals surface area contributed by atoms with Crippen molar-refractivity contribution in [3.8, 4) is 0 Å². The summed E-state index contributed by atoms with van der Waals surface area (Å²) in [5.74, 6) is -1.79. The second-order valence-electron chi connectivity index (χ2n) is 2.89. The Balaban J connectivity index is 0. The van der Waals surface area contributed by atoms with Gasteiger partial charge < -0.3 is 10.2 Å². The summed E-state index contributed by atoms with van der Waals surface area (Å²) >= 11 is 0. The number of rotatable bonds is 3. The normalized spacial score (nSPS) is 9.39. The van der Waals surface area contributed by atoms with Crippen LogP contribution in [-0.4, -0.2) is 51.7 Å². The number of hydrogen-bond donors (Lipinski definition) is 2. The van der Waals surface area contributed by atoms with E-state index in [1.54, 1.807) is 42.5 Å². The summed E-state index contributed by atoms with van der Waals surface area (Å²) < 4.78 is 0. The van der Waals surface area contributed by atoms with E-state index in [1.807, 2.05) is 6.92 Å². The Morgan fingerprint density at radius 3 is 1.94 bits per heavy atom. The number of aliphatic carboxylic acids is 1. The van der Waals surface area contributed by atoms with Gasteiger partial charge in [-0.15, -0.1) is 0 Å². The molecule has 1 aromatic carbocycles. The molecule has 0 aliphatic rings. The summed E-state index contributed by atoms with van der Waals surface area (Å²) in [6.45, 7) is 1.83.